The molecule has 1 aromatic carbocycles. The lowest BCUT2D eigenvalue weighted by molar-refractivity contribution is 0.0950. The van der Waals surface area contributed by atoms with Gasteiger partial charge in [0.1, 0.15) is 5.75 Å². The predicted octanol–water partition coefficient (Wildman–Crippen LogP) is 2.92. The number of rotatable bonds is 3. The third-order valence-corrected chi connectivity index (χ3v) is 3.20. The maximum Gasteiger partial charge on any atom is 0.170 e. The summed E-state index contributed by atoms with van der Waals surface area (Å²) in [5.41, 5.74) is 0.897. The predicted molar refractivity (Wildman–Crippen MR) is 59.2 cm³/mol. The molecular weight excluding hydrogens is 188 g/mol. The highest BCUT2D eigenvalue weighted by Gasteiger charge is 2.50. The van der Waals surface area contributed by atoms with Crippen molar-refractivity contribution < 1.29 is 9.53 Å². The van der Waals surface area contributed by atoms with Crippen LogP contribution >= 0.6 is 0 Å². The smallest absolute Gasteiger partial charge is 0.170 e. The summed E-state index contributed by atoms with van der Waals surface area (Å²) in [6.07, 6.45) is 0.990. The van der Waals surface area contributed by atoms with Crippen LogP contribution in [0.5, 0.6) is 5.75 Å². The van der Waals surface area contributed by atoms with E-state index in [0.717, 1.165) is 12.0 Å². The van der Waals surface area contributed by atoms with Gasteiger partial charge in [0.25, 0.3) is 0 Å². The summed E-state index contributed by atoms with van der Waals surface area (Å²) in [5.74, 6) is 1.08. The zero-order valence-corrected chi connectivity index (χ0v) is 9.41. The van der Waals surface area contributed by atoms with Crippen molar-refractivity contribution in [2.24, 2.45) is 11.3 Å². The Morgan fingerprint density at radius 3 is 2.53 bits per heavy atom. The first-order chi connectivity index (χ1) is 7.06. The normalized spacial score (nSPS) is 22.2. The van der Waals surface area contributed by atoms with E-state index in [1.165, 1.54) is 0 Å². The highest BCUT2D eigenvalue weighted by Crippen LogP contribution is 2.53. The monoisotopic (exact) mass is 204 g/mol. The van der Waals surface area contributed by atoms with Crippen LogP contribution in [0.2, 0.25) is 0 Å². The van der Waals surface area contributed by atoms with Crippen LogP contribution in [-0.4, -0.2) is 12.9 Å². The van der Waals surface area contributed by atoms with Gasteiger partial charge in [0.05, 0.1) is 12.7 Å². The van der Waals surface area contributed by atoms with Crippen molar-refractivity contribution in [2.45, 2.75) is 20.3 Å². The van der Waals surface area contributed by atoms with E-state index in [-0.39, 0.29) is 17.1 Å². The summed E-state index contributed by atoms with van der Waals surface area (Å²) in [7, 11) is 1.60. The maximum absolute atomic E-state index is 12.1. The second kappa shape index (κ2) is 3.37. The molecule has 0 spiro atoms. The van der Waals surface area contributed by atoms with Gasteiger partial charge in [-0.15, -0.1) is 0 Å². The number of para-hydroxylation sites is 1. The van der Waals surface area contributed by atoms with Crippen LogP contribution in [0.25, 0.3) is 0 Å². The number of hydrogen-bond donors (Lipinski definition) is 0. The minimum atomic E-state index is 0.175. The number of ketones is 1. The van der Waals surface area contributed by atoms with E-state index in [1.54, 1.807) is 7.11 Å². The second-order valence-electron chi connectivity index (χ2n) is 4.81. The highest BCUT2D eigenvalue weighted by atomic mass is 16.5. The van der Waals surface area contributed by atoms with Gasteiger partial charge in [-0.05, 0) is 24.0 Å². The van der Waals surface area contributed by atoms with Gasteiger partial charge in [-0.25, -0.2) is 0 Å². The van der Waals surface area contributed by atoms with E-state index < -0.39 is 0 Å². The zero-order chi connectivity index (χ0) is 11.1. The van der Waals surface area contributed by atoms with Crippen molar-refractivity contribution in [3.8, 4) is 5.75 Å². The number of carbonyl (C=O) groups excluding carboxylic acids is 1. The summed E-state index contributed by atoms with van der Waals surface area (Å²) in [6.45, 7) is 4.26. The van der Waals surface area contributed by atoms with Gasteiger partial charge in [-0.3, -0.25) is 4.79 Å². The molecule has 0 N–H and O–H groups in total. The van der Waals surface area contributed by atoms with Crippen molar-refractivity contribution in [3.05, 3.63) is 29.8 Å². The zero-order valence-electron chi connectivity index (χ0n) is 9.41. The Balaban J connectivity index is 2.27. The molecule has 1 atom stereocenters. The third kappa shape index (κ3) is 1.76. The number of benzene rings is 1. The quantitative estimate of drug-likeness (QED) is 0.707. The van der Waals surface area contributed by atoms with E-state index in [2.05, 4.69) is 13.8 Å². The Morgan fingerprint density at radius 2 is 2.00 bits per heavy atom. The van der Waals surface area contributed by atoms with E-state index >= 15 is 0 Å². The lowest BCUT2D eigenvalue weighted by atomic mass is 10.0. The van der Waals surface area contributed by atoms with Gasteiger partial charge in [0.2, 0.25) is 0 Å². The Morgan fingerprint density at radius 1 is 1.40 bits per heavy atom. The molecule has 1 aliphatic carbocycles. The molecule has 0 radical (unpaired) electrons. The first kappa shape index (κ1) is 10.2. The molecular formula is C13H16O2. The minimum absolute atomic E-state index is 0.175. The lowest BCUT2D eigenvalue weighted by Gasteiger charge is -2.07. The Kier molecular flexibility index (Phi) is 2.29. The number of Topliss-reactive ketones (excluding diaryl/α,β-unsaturated/α-hetero) is 1. The van der Waals surface area contributed by atoms with Gasteiger partial charge in [-0.1, -0.05) is 26.0 Å². The minimum Gasteiger partial charge on any atom is -0.496 e. The lowest BCUT2D eigenvalue weighted by Crippen LogP contribution is -2.08. The molecule has 1 fully saturated rings. The van der Waals surface area contributed by atoms with Crippen molar-refractivity contribution in [1.82, 2.24) is 0 Å². The van der Waals surface area contributed by atoms with Crippen molar-refractivity contribution >= 4 is 5.78 Å². The van der Waals surface area contributed by atoms with E-state index in [1.807, 2.05) is 24.3 Å². The summed E-state index contributed by atoms with van der Waals surface area (Å²) >= 11 is 0. The number of carbonyl (C=O) groups is 1. The first-order valence-corrected chi connectivity index (χ1v) is 5.23. The third-order valence-electron chi connectivity index (χ3n) is 3.20. The fourth-order valence-electron chi connectivity index (χ4n) is 1.95. The Labute approximate surface area is 90.3 Å². The highest BCUT2D eigenvalue weighted by molar-refractivity contribution is 6.02. The molecule has 2 heteroatoms. The second-order valence-corrected chi connectivity index (χ2v) is 4.81. The molecule has 0 aromatic heterocycles. The molecule has 0 heterocycles. The van der Waals surface area contributed by atoms with Crippen LogP contribution < -0.4 is 4.74 Å². The van der Waals surface area contributed by atoms with Crippen LogP contribution in [0.15, 0.2) is 24.3 Å². The van der Waals surface area contributed by atoms with E-state index in [0.29, 0.717) is 5.75 Å². The molecule has 2 nitrogen and oxygen atoms in total. The average molecular weight is 204 g/mol. The first-order valence-electron chi connectivity index (χ1n) is 5.23. The molecule has 0 aliphatic heterocycles. The molecule has 1 aliphatic rings. The number of ether oxygens (including phenoxy) is 1. The molecule has 0 saturated heterocycles. The summed E-state index contributed by atoms with van der Waals surface area (Å²) in [5, 5.41) is 0. The average Bonchev–Trinajstić information content (AvgIpc) is 2.86. The van der Waals surface area contributed by atoms with Crippen LogP contribution in [0.1, 0.15) is 30.6 Å². The van der Waals surface area contributed by atoms with Gasteiger partial charge < -0.3 is 4.74 Å². The van der Waals surface area contributed by atoms with E-state index in [9.17, 15) is 4.79 Å². The summed E-state index contributed by atoms with van der Waals surface area (Å²) in [6, 6.07) is 7.44. The molecule has 1 unspecified atom stereocenters. The fourth-order valence-corrected chi connectivity index (χ4v) is 1.95. The molecule has 0 bridgehead atoms. The largest absolute Gasteiger partial charge is 0.496 e. The fraction of sp³-hybridized carbons (Fsp3) is 0.462. The SMILES string of the molecule is COc1ccccc1C(=O)C1CC1(C)C. The van der Waals surface area contributed by atoms with Crippen LogP contribution in [-0.2, 0) is 0 Å². The van der Waals surface area contributed by atoms with Crippen LogP contribution in [0.4, 0.5) is 0 Å². The van der Waals surface area contributed by atoms with Crippen LogP contribution in [0, 0.1) is 11.3 Å². The Hall–Kier alpha value is -1.31. The van der Waals surface area contributed by atoms with Gasteiger partial charge >= 0.3 is 0 Å². The maximum atomic E-state index is 12.1. The summed E-state index contributed by atoms with van der Waals surface area (Å²) in [4.78, 5) is 12.1. The standard InChI is InChI=1S/C13H16O2/c1-13(2)8-10(13)12(14)9-6-4-5-7-11(9)15-3/h4-7,10H,8H2,1-3H3. The molecule has 0 amide bonds. The molecule has 80 valence electrons. The van der Waals surface area contributed by atoms with E-state index in [4.69, 9.17) is 4.74 Å². The summed E-state index contributed by atoms with van der Waals surface area (Å²) < 4.78 is 5.19. The number of methoxy groups -OCH3 is 1. The Bertz CT molecular complexity index is 393. The van der Waals surface area contributed by atoms with Crippen molar-refractivity contribution in [1.29, 1.82) is 0 Å². The van der Waals surface area contributed by atoms with Gasteiger partial charge in [-0.2, -0.15) is 0 Å². The van der Waals surface area contributed by atoms with Gasteiger partial charge in [0.15, 0.2) is 5.78 Å². The topological polar surface area (TPSA) is 26.3 Å². The number of hydrogen-bond acceptors (Lipinski definition) is 2. The molecule has 1 saturated carbocycles. The molecule has 1 aromatic rings. The van der Waals surface area contributed by atoms with Crippen LogP contribution in [0.3, 0.4) is 0 Å². The van der Waals surface area contributed by atoms with Crippen molar-refractivity contribution in [2.75, 3.05) is 7.11 Å². The van der Waals surface area contributed by atoms with Crippen molar-refractivity contribution in [3.63, 3.8) is 0 Å². The molecule has 15 heavy (non-hydrogen) atoms. The van der Waals surface area contributed by atoms with Gasteiger partial charge in [0, 0.05) is 5.92 Å². The molecule has 2 rings (SSSR count).